The Morgan fingerprint density at radius 3 is 3.36 bits per heavy atom. The van der Waals surface area contributed by atoms with E-state index in [1.165, 1.54) is 17.8 Å². The van der Waals surface area contributed by atoms with Gasteiger partial charge in [-0.2, -0.15) is 0 Å². The average molecular weight is 148 g/mol. The van der Waals surface area contributed by atoms with Gasteiger partial charge in [-0.15, -0.1) is 0 Å². The highest BCUT2D eigenvalue weighted by molar-refractivity contribution is 5.21. The fourth-order valence-corrected chi connectivity index (χ4v) is 1.49. The quantitative estimate of drug-likeness (QED) is 0.547. The lowest BCUT2D eigenvalue weighted by atomic mass is 10.1. The highest BCUT2D eigenvalue weighted by atomic mass is 15.1. The van der Waals surface area contributed by atoms with Gasteiger partial charge in [0.1, 0.15) is 0 Å². The van der Waals surface area contributed by atoms with Crippen molar-refractivity contribution in [1.29, 1.82) is 0 Å². The number of hydrogen-bond acceptors (Lipinski definition) is 2. The fourth-order valence-electron chi connectivity index (χ4n) is 1.49. The first-order chi connectivity index (χ1) is 5.36. The maximum absolute atomic E-state index is 4.33. The van der Waals surface area contributed by atoms with Crippen LogP contribution < -0.4 is 0 Å². The number of pyridine rings is 1. The summed E-state index contributed by atoms with van der Waals surface area (Å²) in [4.78, 5) is 6.63. The lowest BCUT2D eigenvalue weighted by molar-refractivity contribution is 0.307. The first-order valence-electron chi connectivity index (χ1n) is 3.97. The Morgan fingerprint density at radius 1 is 1.55 bits per heavy atom. The van der Waals surface area contributed by atoms with E-state index in [0.717, 1.165) is 13.0 Å². The summed E-state index contributed by atoms with van der Waals surface area (Å²) in [6.45, 7) is 2.18. The first kappa shape index (κ1) is 6.80. The summed E-state index contributed by atoms with van der Waals surface area (Å²) in [6, 6.07) is 4.19. The van der Waals surface area contributed by atoms with Gasteiger partial charge in [-0.05, 0) is 25.1 Å². The van der Waals surface area contributed by atoms with Crippen LogP contribution in [0.15, 0.2) is 18.3 Å². The molecule has 58 valence electrons. The second-order valence-corrected chi connectivity index (χ2v) is 3.10. The summed E-state index contributed by atoms with van der Waals surface area (Å²) in [5.41, 5.74) is 2.67. The Bertz CT molecular complexity index is 257. The van der Waals surface area contributed by atoms with Crippen molar-refractivity contribution in [3.05, 3.63) is 29.6 Å². The van der Waals surface area contributed by atoms with Crippen molar-refractivity contribution in [3.8, 4) is 0 Å². The molecule has 2 heteroatoms. The number of hydrogen-bond donors (Lipinski definition) is 0. The minimum atomic E-state index is 1.01. The van der Waals surface area contributed by atoms with Crippen molar-refractivity contribution in [2.45, 2.75) is 13.0 Å². The number of likely N-dealkylation sites (N-methyl/N-ethyl adjacent to an activating group) is 1. The van der Waals surface area contributed by atoms with Gasteiger partial charge in [0.05, 0.1) is 5.69 Å². The highest BCUT2D eigenvalue weighted by Crippen LogP contribution is 2.13. The van der Waals surface area contributed by atoms with Gasteiger partial charge in [0.25, 0.3) is 0 Å². The number of fused-ring (bicyclic) bond motifs is 1. The minimum Gasteiger partial charge on any atom is -0.300 e. The van der Waals surface area contributed by atoms with E-state index >= 15 is 0 Å². The van der Waals surface area contributed by atoms with E-state index in [2.05, 4.69) is 23.0 Å². The minimum absolute atomic E-state index is 1.01. The smallest absolute Gasteiger partial charge is 0.0576 e. The molecule has 0 saturated carbocycles. The van der Waals surface area contributed by atoms with Crippen LogP contribution in [-0.2, 0) is 13.0 Å². The van der Waals surface area contributed by atoms with Crippen molar-refractivity contribution in [1.82, 2.24) is 9.88 Å². The largest absolute Gasteiger partial charge is 0.300 e. The van der Waals surface area contributed by atoms with E-state index in [9.17, 15) is 0 Å². The van der Waals surface area contributed by atoms with Crippen molar-refractivity contribution in [2.24, 2.45) is 0 Å². The Kier molecular flexibility index (Phi) is 1.62. The second kappa shape index (κ2) is 2.62. The highest BCUT2D eigenvalue weighted by Gasteiger charge is 2.12. The molecule has 0 N–H and O–H groups in total. The van der Waals surface area contributed by atoms with Gasteiger partial charge in [0, 0.05) is 19.3 Å². The van der Waals surface area contributed by atoms with Crippen molar-refractivity contribution >= 4 is 0 Å². The fraction of sp³-hybridized carbons (Fsp3) is 0.444. The molecule has 0 unspecified atom stereocenters. The molecule has 11 heavy (non-hydrogen) atoms. The molecule has 0 fully saturated rings. The van der Waals surface area contributed by atoms with Crippen molar-refractivity contribution in [2.75, 3.05) is 13.6 Å². The maximum atomic E-state index is 4.33. The Labute approximate surface area is 66.9 Å². The molecule has 1 aromatic rings. The predicted octanol–water partition coefficient (Wildman–Crippen LogP) is 1.07. The lowest BCUT2D eigenvalue weighted by Gasteiger charge is -2.23. The summed E-state index contributed by atoms with van der Waals surface area (Å²) in [5, 5.41) is 0. The molecule has 0 radical (unpaired) electrons. The third-order valence-electron chi connectivity index (χ3n) is 2.17. The standard InChI is InChI=1S/C9H12N2/c1-11-6-4-8-3-2-5-10-9(8)7-11/h2-3,5H,4,6-7H2,1H3. The third-order valence-corrected chi connectivity index (χ3v) is 2.17. The van der Waals surface area contributed by atoms with E-state index in [1.807, 2.05) is 12.3 Å². The molecule has 0 spiro atoms. The Hall–Kier alpha value is -0.890. The molecule has 0 saturated heterocycles. The second-order valence-electron chi connectivity index (χ2n) is 3.10. The van der Waals surface area contributed by atoms with E-state index in [4.69, 9.17) is 0 Å². The van der Waals surface area contributed by atoms with Crippen molar-refractivity contribution < 1.29 is 0 Å². The molecule has 2 nitrogen and oxygen atoms in total. The van der Waals surface area contributed by atoms with E-state index in [-0.39, 0.29) is 0 Å². The van der Waals surface area contributed by atoms with Crippen LogP contribution in [0.4, 0.5) is 0 Å². The molecule has 2 heterocycles. The molecular formula is C9H12N2. The van der Waals surface area contributed by atoms with Crippen LogP contribution in [0.2, 0.25) is 0 Å². The van der Waals surface area contributed by atoms with Gasteiger partial charge in [0.15, 0.2) is 0 Å². The number of rotatable bonds is 0. The van der Waals surface area contributed by atoms with Gasteiger partial charge < -0.3 is 4.90 Å². The van der Waals surface area contributed by atoms with Crippen LogP contribution >= 0.6 is 0 Å². The summed E-state index contributed by atoms with van der Waals surface area (Å²) in [7, 11) is 2.14. The molecule has 0 aliphatic carbocycles. The maximum Gasteiger partial charge on any atom is 0.0576 e. The first-order valence-corrected chi connectivity index (χ1v) is 3.97. The van der Waals surface area contributed by atoms with Crippen LogP contribution in [0.5, 0.6) is 0 Å². The topological polar surface area (TPSA) is 16.1 Å². The van der Waals surface area contributed by atoms with Gasteiger partial charge in [-0.1, -0.05) is 6.07 Å². The Balaban J connectivity index is 2.34. The van der Waals surface area contributed by atoms with Crippen LogP contribution in [0, 0.1) is 0 Å². The van der Waals surface area contributed by atoms with Crippen LogP contribution in [-0.4, -0.2) is 23.5 Å². The number of aromatic nitrogens is 1. The van der Waals surface area contributed by atoms with Crippen molar-refractivity contribution in [3.63, 3.8) is 0 Å². The molecule has 2 rings (SSSR count). The summed E-state index contributed by atoms with van der Waals surface area (Å²) < 4.78 is 0. The van der Waals surface area contributed by atoms with Gasteiger partial charge >= 0.3 is 0 Å². The number of nitrogens with zero attached hydrogens (tertiary/aromatic N) is 2. The molecule has 0 amide bonds. The zero-order valence-corrected chi connectivity index (χ0v) is 6.75. The van der Waals surface area contributed by atoms with Gasteiger partial charge in [-0.25, -0.2) is 0 Å². The van der Waals surface area contributed by atoms with E-state index < -0.39 is 0 Å². The van der Waals surface area contributed by atoms with Crippen LogP contribution in [0.25, 0.3) is 0 Å². The third kappa shape index (κ3) is 1.26. The lowest BCUT2D eigenvalue weighted by Crippen LogP contribution is -2.27. The van der Waals surface area contributed by atoms with Crippen LogP contribution in [0.1, 0.15) is 11.3 Å². The van der Waals surface area contributed by atoms with E-state index in [1.54, 1.807) is 0 Å². The molecule has 1 aliphatic heterocycles. The van der Waals surface area contributed by atoms with Gasteiger partial charge in [-0.3, -0.25) is 4.98 Å². The normalized spacial score (nSPS) is 17.9. The Morgan fingerprint density at radius 2 is 2.45 bits per heavy atom. The summed E-state index contributed by atoms with van der Waals surface area (Å²) in [5.74, 6) is 0. The molecule has 0 aromatic carbocycles. The zero-order chi connectivity index (χ0) is 7.68. The van der Waals surface area contributed by atoms with Crippen LogP contribution in [0.3, 0.4) is 0 Å². The summed E-state index contributed by atoms with van der Waals surface area (Å²) >= 11 is 0. The van der Waals surface area contributed by atoms with E-state index in [0.29, 0.717) is 0 Å². The molecular weight excluding hydrogens is 136 g/mol. The van der Waals surface area contributed by atoms with Gasteiger partial charge in [0.2, 0.25) is 0 Å². The summed E-state index contributed by atoms with van der Waals surface area (Å²) in [6.07, 6.45) is 3.03. The SMILES string of the molecule is CN1CCc2cccnc2C1. The molecule has 0 bridgehead atoms. The average Bonchev–Trinajstić information content (AvgIpc) is 2.04. The zero-order valence-electron chi connectivity index (χ0n) is 6.75. The monoisotopic (exact) mass is 148 g/mol. The predicted molar refractivity (Wildman–Crippen MR) is 44.3 cm³/mol. The molecule has 1 aliphatic rings. The molecule has 1 aromatic heterocycles. The molecule has 0 atom stereocenters.